The van der Waals surface area contributed by atoms with Crippen LogP contribution in [0.1, 0.15) is 22.3 Å². The minimum absolute atomic E-state index is 0.114. The third-order valence-corrected chi connectivity index (χ3v) is 3.42. The topological polar surface area (TPSA) is 101 Å². The molecule has 2 N–H and O–H groups in total. The van der Waals surface area contributed by atoms with Gasteiger partial charge in [0.05, 0.1) is 4.92 Å². The van der Waals surface area contributed by atoms with E-state index < -0.39 is 10.8 Å². The number of nitrogens with zero attached hydrogens (tertiary/aromatic N) is 1. The number of rotatable bonds is 5. The second-order valence-corrected chi connectivity index (χ2v) is 5.37. The number of non-ortho nitro benzene ring substituents is 1. The number of hydrogen-bond donors (Lipinski definition) is 2. The molecule has 0 saturated heterocycles. The van der Waals surface area contributed by atoms with Gasteiger partial charge in [0, 0.05) is 29.1 Å². The van der Waals surface area contributed by atoms with Gasteiger partial charge in [-0.1, -0.05) is 23.7 Å². The molecule has 2 aromatic rings. The standard InChI is InChI=1S/C16H14ClN3O4/c17-13-3-1-2-11(10-13)4-9-15(21)18-19-16(22)12-5-7-14(8-6-12)20(23)24/h1-3,5-8,10H,4,9H2,(H,18,21)(H,19,22). The molecule has 0 radical (unpaired) electrons. The predicted octanol–water partition coefficient (Wildman–Crippen LogP) is 2.64. The summed E-state index contributed by atoms with van der Waals surface area (Å²) < 4.78 is 0. The van der Waals surface area contributed by atoms with Gasteiger partial charge >= 0.3 is 0 Å². The Bertz CT molecular complexity index is 762. The molecular weight excluding hydrogens is 334 g/mol. The van der Waals surface area contributed by atoms with Gasteiger partial charge in [-0.15, -0.1) is 0 Å². The number of aryl methyl sites for hydroxylation is 1. The van der Waals surface area contributed by atoms with Crippen LogP contribution in [0, 0.1) is 10.1 Å². The smallest absolute Gasteiger partial charge is 0.269 e. The molecule has 124 valence electrons. The molecule has 0 atom stereocenters. The Labute approximate surface area is 142 Å². The highest BCUT2D eigenvalue weighted by molar-refractivity contribution is 6.30. The number of halogens is 1. The minimum Gasteiger partial charge on any atom is -0.273 e. The van der Waals surface area contributed by atoms with Crippen LogP contribution in [0.5, 0.6) is 0 Å². The Hall–Kier alpha value is -2.93. The monoisotopic (exact) mass is 347 g/mol. The van der Waals surface area contributed by atoms with E-state index in [0.29, 0.717) is 11.4 Å². The Morgan fingerprint density at radius 3 is 2.42 bits per heavy atom. The molecule has 24 heavy (non-hydrogen) atoms. The van der Waals surface area contributed by atoms with E-state index in [4.69, 9.17) is 11.6 Å². The van der Waals surface area contributed by atoms with E-state index in [1.165, 1.54) is 24.3 Å². The number of amides is 2. The third kappa shape index (κ3) is 5.06. The van der Waals surface area contributed by atoms with E-state index in [-0.39, 0.29) is 23.6 Å². The summed E-state index contributed by atoms with van der Waals surface area (Å²) in [4.78, 5) is 33.6. The van der Waals surface area contributed by atoms with Gasteiger partial charge in [0.25, 0.3) is 11.6 Å². The van der Waals surface area contributed by atoms with Crippen molar-refractivity contribution < 1.29 is 14.5 Å². The summed E-state index contributed by atoms with van der Waals surface area (Å²) in [5, 5.41) is 11.1. The third-order valence-electron chi connectivity index (χ3n) is 3.19. The van der Waals surface area contributed by atoms with Crippen LogP contribution < -0.4 is 10.9 Å². The average molecular weight is 348 g/mol. The molecule has 0 heterocycles. The maximum absolute atomic E-state index is 11.8. The number of nitro benzene ring substituents is 1. The van der Waals surface area contributed by atoms with Gasteiger partial charge < -0.3 is 0 Å². The molecule has 2 aromatic carbocycles. The predicted molar refractivity (Wildman–Crippen MR) is 88.5 cm³/mol. The Morgan fingerprint density at radius 2 is 1.79 bits per heavy atom. The summed E-state index contributed by atoms with van der Waals surface area (Å²) in [5.74, 6) is -0.911. The summed E-state index contributed by atoms with van der Waals surface area (Å²) in [6.07, 6.45) is 0.667. The summed E-state index contributed by atoms with van der Waals surface area (Å²) >= 11 is 5.86. The minimum atomic E-state index is -0.556. The van der Waals surface area contributed by atoms with Crippen LogP contribution in [0.2, 0.25) is 5.02 Å². The first-order valence-corrected chi connectivity index (χ1v) is 7.41. The lowest BCUT2D eigenvalue weighted by Crippen LogP contribution is -2.41. The highest BCUT2D eigenvalue weighted by Crippen LogP contribution is 2.12. The van der Waals surface area contributed by atoms with Crippen LogP contribution in [-0.4, -0.2) is 16.7 Å². The van der Waals surface area contributed by atoms with Crippen molar-refractivity contribution in [2.75, 3.05) is 0 Å². The highest BCUT2D eigenvalue weighted by Gasteiger charge is 2.10. The van der Waals surface area contributed by atoms with Crippen molar-refractivity contribution in [3.8, 4) is 0 Å². The maximum Gasteiger partial charge on any atom is 0.269 e. The Morgan fingerprint density at radius 1 is 1.08 bits per heavy atom. The average Bonchev–Trinajstić information content (AvgIpc) is 2.58. The van der Waals surface area contributed by atoms with Gasteiger partial charge in [0.1, 0.15) is 0 Å². The van der Waals surface area contributed by atoms with Crippen LogP contribution in [0.25, 0.3) is 0 Å². The molecule has 2 amide bonds. The van der Waals surface area contributed by atoms with Gasteiger partial charge in [-0.05, 0) is 36.2 Å². The molecule has 0 spiro atoms. The quantitative estimate of drug-likeness (QED) is 0.641. The molecule has 7 nitrogen and oxygen atoms in total. The molecule has 8 heteroatoms. The first-order chi connectivity index (χ1) is 11.5. The van der Waals surface area contributed by atoms with E-state index in [9.17, 15) is 19.7 Å². The Balaban J connectivity index is 1.80. The van der Waals surface area contributed by atoms with E-state index >= 15 is 0 Å². The number of hydrogen-bond acceptors (Lipinski definition) is 4. The van der Waals surface area contributed by atoms with E-state index in [1.807, 2.05) is 6.07 Å². The number of carbonyl (C=O) groups is 2. The highest BCUT2D eigenvalue weighted by atomic mass is 35.5. The number of nitrogens with one attached hydrogen (secondary N) is 2. The van der Waals surface area contributed by atoms with Gasteiger partial charge in [-0.25, -0.2) is 0 Å². The zero-order valence-corrected chi connectivity index (χ0v) is 13.2. The lowest BCUT2D eigenvalue weighted by molar-refractivity contribution is -0.384. The molecule has 0 aliphatic carbocycles. The van der Waals surface area contributed by atoms with Crippen LogP contribution >= 0.6 is 11.6 Å². The number of hydrazine groups is 1. The zero-order valence-electron chi connectivity index (χ0n) is 12.5. The van der Waals surface area contributed by atoms with Crippen molar-refractivity contribution in [3.63, 3.8) is 0 Å². The van der Waals surface area contributed by atoms with E-state index in [0.717, 1.165) is 5.56 Å². The SMILES string of the molecule is O=C(CCc1cccc(Cl)c1)NNC(=O)c1ccc([N+](=O)[O-])cc1. The number of carbonyl (C=O) groups excluding carboxylic acids is 2. The van der Waals surface area contributed by atoms with Crippen molar-refractivity contribution in [2.45, 2.75) is 12.8 Å². The molecule has 0 aromatic heterocycles. The molecule has 0 aliphatic rings. The molecule has 0 bridgehead atoms. The van der Waals surface area contributed by atoms with Crippen molar-refractivity contribution in [3.05, 3.63) is 74.8 Å². The first kappa shape index (κ1) is 17.4. The lowest BCUT2D eigenvalue weighted by Gasteiger charge is -2.07. The van der Waals surface area contributed by atoms with Crippen molar-refractivity contribution in [1.82, 2.24) is 10.9 Å². The fourth-order valence-corrected chi connectivity index (χ4v) is 2.16. The first-order valence-electron chi connectivity index (χ1n) is 7.04. The molecule has 2 rings (SSSR count). The normalized spacial score (nSPS) is 10.0. The van der Waals surface area contributed by atoms with Crippen molar-refractivity contribution in [1.29, 1.82) is 0 Å². The zero-order chi connectivity index (χ0) is 17.5. The number of benzene rings is 2. The van der Waals surface area contributed by atoms with Gasteiger partial charge in [-0.3, -0.25) is 30.6 Å². The van der Waals surface area contributed by atoms with Gasteiger partial charge in [0.15, 0.2) is 0 Å². The molecule has 0 saturated carbocycles. The van der Waals surface area contributed by atoms with Crippen LogP contribution in [0.15, 0.2) is 48.5 Å². The molecule has 0 fully saturated rings. The second kappa shape index (κ2) is 8.07. The second-order valence-electron chi connectivity index (χ2n) is 4.94. The van der Waals surface area contributed by atoms with Crippen LogP contribution in [-0.2, 0) is 11.2 Å². The molecule has 0 unspecified atom stereocenters. The fraction of sp³-hybridized carbons (Fsp3) is 0.125. The van der Waals surface area contributed by atoms with Gasteiger partial charge in [0.2, 0.25) is 5.91 Å². The summed E-state index contributed by atoms with van der Waals surface area (Å²) in [7, 11) is 0. The fourth-order valence-electron chi connectivity index (χ4n) is 1.95. The van der Waals surface area contributed by atoms with E-state index in [1.54, 1.807) is 18.2 Å². The van der Waals surface area contributed by atoms with Crippen molar-refractivity contribution in [2.24, 2.45) is 0 Å². The largest absolute Gasteiger partial charge is 0.273 e. The van der Waals surface area contributed by atoms with Crippen molar-refractivity contribution >= 4 is 29.1 Å². The summed E-state index contributed by atoms with van der Waals surface area (Å²) in [6.45, 7) is 0. The molecular formula is C16H14ClN3O4. The summed E-state index contributed by atoms with van der Waals surface area (Å²) in [5.41, 5.74) is 5.57. The lowest BCUT2D eigenvalue weighted by atomic mass is 10.1. The number of nitro groups is 1. The molecule has 0 aliphatic heterocycles. The Kier molecular flexibility index (Phi) is 5.86. The van der Waals surface area contributed by atoms with E-state index in [2.05, 4.69) is 10.9 Å². The van der Waals surface area contributed by atoms with Gasteiger partial charge in [-0.2, -0.15) is 0 Å². The summed E-state index contributed by atoms with van der Waals surface area (Å²) in [6, 6.07) is 12.2. The maximum atomic E-state index is 11.8. The van der Waals surface area contributed by atoms with Crippen LogP contribution in [0.3, 0.4) is 0 Å². The van der Waals surface area contributed by atoms with Crippen LogP contribution in [0.4, 0.5) is 5.69 Å².